The molecule has 2 aromatic rings. The molecule has 248 valence electrons. The van der Waals surface area contributed by atoms with Crippen LogP contribution < -0.4 is 10.6 Å². The van der Waals surface area contributed by atoms with E-state index in [0.717, 1.165) is 5.56 Å². The molecular formula is C37H49N3O6. The number of rotatable bonds is 12. The first-order chi connectivity index (χ1) is 21.5. The van der Waals surface area contributed by atoms with Crippen LogP contribution in [0.5, 0.6) is 0 Å². The highest BCUT2D eigenvalue weighted by molar-refractivity contribution is 5.94. The first kappa shape index (κ1) is 36.2. The molecule has 0 radical (unpaired) electrons. The van der Waals surface area contributed by atoms with E-state index in [9.17, 15) is 19.2 Å². The number of hydrogen-bond donors (Lipinski definition) is 2. The molecule has 4 atom stereocenters. The minimum atomic E-state index is -1.11. The Morgan fingerprint density at radius 2 is 1.50 bits per heavy atom. The van der Waals surface area contributed by atoms with Crippen LogP contribution in [-0.2, 0) is 30.3 Å². The Hall–Kier alpha value is -4.32. The Labute approximate surface area is 273 Å². The summed E-state index contributed by atoms with van der Waals surface area (Å²) in [5.74, 6) is 0.793. The molecule has 9 nitrogen and oxygen atoms in total. The summed E-state index contributed by atoms with van der Waals surface area (Å²) in [6.45, 7) is 14.4. The summed E-state index contributed by atoms with van der Waals surface area (Å²) in [4.78, 5) is 56.9. The first-order valence-corrected chi connectivity index (χ1v) is 16.0. The highest BCUT2D eigenvalue weighted by Crippen LogP contribution is 2.36. The van der Waals surface area contributed by atoms with Gasteiger partial charge >= 0.3 is 12.1 Å². The van der Waals surface area contributed by atoms with Crippen molar-refractivity contribution < 1.29 is 28.7 Å². The molecule has 0 saturated heterocycles. The molecule has 9 heteroatoms. The topological polar surface area (TPSA) is 114 Å². The van der Waals surface area contributed by atoms with Gasteiger partial charge < -0.3 is 25.0 Å². The van der Waals surface area contributed by atoms with E-state index < -0.39 is 53.2 Å². The van der Waals surface area contributed by atoms with E-state index >= 15 is 0 Å². The van der Waals surface area contributed by atoms with E-state index in [2.05, 4.69) is 16.6 Å². The van der Waals surface area contributed by atoms with Crippen LogP contribution in [0.25, 0.3) is 0 Å². The minimum absolute atomic E-state index is 0.192. The average Bonchev–Trinajstić information content (AvgIpc) is 3.81. The summed E-state index contributed by atoms with van der Waals surface area (Å²) in [6.07, 6.45) is 7.06. The van der Waals surface area contributed by atoms with Gasteiger partial charge in [0.15, 0.2) is 0 Å². The Morgan fingerprint density at radius 1 is 0.913 bits per heavy atom. The third kappa shape index (κ3) is 10.6. The van der Waals surface area contributed by atoms with Crippen LogP contribution in [0.4, 0.5) is 4.79 Å². The molecule has 0 bridgehead atoms. The number of amides is 3. The lowest BCUT2D eigenvalue weighted by molar-refractivity contribution is -0.159. The fraction of sp³-hybridized carbons (Fsp3) is 0.514. The largest absolute Gasteiger partial charge is 0.458 e. The number of carbonyl (C=O) groups excluding carboxylic acids is 4. The molecule has 46 heavy (non-hydrogen) atoms. The molecule has 0 aliphatic heterocycles. The average molecular weight is 632 g/mol. The van der Waals surface area contributed by atoms with E-state index in [-0.39, 0.29) is 18.4 Å². The molecule has 0 heterocycles. The molecule has 1 saturated carbocycles. The van der Waals surface area contributed by atoms with Gasteiger partial charge in [-0.15, -0.1) is 6.42 Å². The number of nitrogens with zero attached hydrogens (tertiary/aromatic N) is 1. The molecule has 1 aliphatic rings. The van der Waals surface area contributed by atoms with Crippen molar-refractivity contribution in [3.05, 3.63) is 71.3 Å². The molecule has 0 spiro atoms. The van der Waals surface area contributed by atoms with Crippen LogP contribution in [0.3, 0.4) is 0 Å². The van der Waals surface area contributed by atoms with Crippen LogP contribution in [0.15, 0.2) is 54.6 Å². The smallest absolute Gasteiger partial charge is 0.408 e. The molecule has 3 amide bonds. The highest BCUT2D eigenvalue weighted by atomic mass is 16.6. The number of ether oxygens (including phenoxy) is 2. The number of alkyl carbamates (subject to hydrolysis) is 1. The van der Waals surface area contributed by atoms with Crippen molar-refractivity contribution in [2.75, 3.05) is 0 Å². The van der Waals surface area contributed by atoms with Crippen LogP contribution in [0.1, 0.15) is 97.4 Å². The van der Waals surface area contributed by atoms with Crippen LogP contribution in [0.2, 0.25) is 0 Å². The second-order valence-corrected chi connectivity index (χ2v) is 13.9. The van der Waals surface area contributed by atoms with Crippen LogP contribution in [0, 0.1) is 18.3 Å². The van der Waals surface area contributed by atoms with Crippen LogP contribution >= 0.6 is 0 Å². The Kier molecular flexibility index (Phi) is 12.0. The van der Waals surface area contributed by atoms with Gasteiger partial charge in [0, 0.05) is 18.0 Å². The SMILES string of the molecule is C#Cc1ccc(C(C(=O)NC(Cc2ccccc2)C(=O)OC(C)(C)C)N(C(=O)C(NC(=O)OC(C)(C)C)C(C)CC)C2CC2)cc1. The number of hydrogen-bond acceptors (Lipinski definition) is 6. The maximum absolute atomic E-state index is 14.5. The van der Waals surface area contributed by atoms with E-state index in [0.29, 0.717) is 30.4 Å². The molecule has 3 rings (SSSR count). The van der Waals surface area contributed by atoms with Crippen molar-refractivity contribution in [2.24, 2.45) is 5.92 Å². The predicted octanol–water partition coefficient (Wildman–Crippen LogP) is 5.71. The second-order valence-electron chi connectivity index (χ2n) is 13.9. The summed E-state index contributed by atoms with van der Waals surface area (Å²) < 4.78 is 11.2. The standard InChI is InChI=1S/C37H49N3O6/c1-10-24(3)30(39-35(44)46-37(7,8)9)33(42)40(28-21-22-28)31(27-19-17-25(11-2)18-20-27)32(41)38-29(34(43)45-36(4,5)6)23-26-15-13-12-14-16-26/h2,12-20,24,28-31H,10,21-23H2,1,3-9H3,(H,38,41)(H,39,44). The fourth-order valence-electron chi connectivity index (χ4n) is 5.02. The number of nitrogens with one attached hydrogen (secondary N) is 2. The maximum Gasteiger partial charge on any atom is 0.408 e. The van der Waals surface area contributed by atoms with Gasteiger partial charge in [-0.25, -0.2) is 9.59 Å². The minimum Gasteiger partial charge on any atom is -0.458 e. The monoisotopic (exact) mass is 631 g/mol. The van der Waals surface area contributed by atoms with E-state index in [1.807, 2.05) is 44.2 Å². The van der Waals surface area contributed by atoms with Gasteiger partial charge in [0.1, 0.15) is 29.3 Å². The van der Waals surface area contributed by atoms with Crippen molar-refractivity contribution in [3.63, 3.8) is 0 Å². The molecule has 1 fully saturated rings. The zero-order valence-corrected chi connectivity index (χ0v) is 28.4. The maximum atomic E-state index is 14.5. The van der Waals surface area contributed by atoms with Crippen molar-refractivity contribution in [2.45, 2.75) is 116 Å². The first-order valence-electron chi connectivity index (χ1n) is 16.0. The van der Waals surface area contributed by atoms with Gasteiger partial charge in [-0.05, 0) is 83.6 Å². The van der Waals surface area contributed by atoms with E-state index in [1.165, 1.54) is 0 Å². The summed E-state index contributed by atoms with van der Waals surface area (Å²) in [5.41, 5.74) is 0.433. The van der Waals surface area contributed by atoms with Crippen molar-refractivity contribution in [1.29, 1.82) is 0 Å². The third-order valence-corrected chi connectivity index (χ3v) is 7.56. The molecule has 0 aromatic heterocycles. The summed E-state index contributed by atoms with van der Waals surface area (Å²) in [5, 5.41) is 5.71. The van der Waals surface area contributed by atoms with E-state index in [4.69, 9.17) is 15.9 Å². The molecule has 2 aromatic carbocycles. The van der Waals surface area contributed by atoms with Gasteiger partial charge in [-0.3, -0.25) is 9.59 Å². The Balaban J connectivity index is 2.06. The predicted molar refractivity (Wildman–Crippen MR) is 178 cm³/mol. The zero-order valence-electron chi connectivity index (χ0n) is 28.4. The van der Waals surface area contributed by atoms with Crippen molar-refractivity contribution in [3.8, 4) is 12.3 Å². The van der Waals surface area contributed by atoms with Gasteiger partial charge in [0.2, 0.25) is 11.8 Å². The quantitative estimate of drug-likeness (QED) is 0.229. The normalized spacial score (nSPS) is 15.7. The molecule has 1 aliphatic carbocycles. The van der Waals surface area contributed by atoms with Gasteiger partial charge in [0.05, 0.1) is 0 Å². The number of terminal acetylenes is 1. The molecule has 4 unspecified atom stereocenters. The van der Waals surface area contributed by atoms with Crippen LogP contribution in [-0.4, -0.2) is 58.1 Å². The second kappa shape index (κ2) is 15.3. The summed E-state index contributed by atoms with van der Waals surface area (Å²) >= 11 is 0. The lowest BCUT2D eigenvalue weighted by atomic mass is 9.95. The third-order valence-electron chi connectivity index (χ3n) is 7.56. The molecule has 2 N–H and O–H groups in total. The Morgan fingerprint density at radius 3 is 2.00 bits per heavy atom. The lowest BCUT2D eigenvalue weighted by Gasteiger charge is -2.37. The zero-order chi connectivity index (χ0) is 34.2. The molecular weight excluding hydrogens is 582 g/mol. The van der Waals surface area contributed by atoms with Gasteiger partial charge in [-0.1, -0.05) is 68.7 Å². The number of benzene rings is 2. The van der Waals surface area contributed by atoms with E-state index in [1.54, 1.807) is 70.7 Å². The lowest BCUT2D eigenvalue weighted by Crippen LogP contribution is -2.57. The number of carbonyl (C=O) groups is 4. The van der Waals surface area contributed by atoms with Crippen molar-refractivity contribution >= 4 is 23.9 Å². The summed E-state index contributed by atoms with van der Waals surface area (Å²) in [6, 6.07) is 12.9. The van der Waals surface area contributed by atoms with Gasteiger partial charge in [0.25, 0.3) is 0 Å². The summed E-state index contributed by atoms with van der Waals surface area (Å²) in [7, 11) is 0. The Bertz CT molecular complexity index is 1400. The van der Waals surface area contributed by atoms with Crippen molar-refractivity contribution in [1.82, 2.24) is 15.5 Å². The highest BCUT2D eigenvalue weighted by Gasteiger charge is 2.45. The number of esters is 1. The van der Waals surface area contributed by atoms with Gasteiger partial charge in [-0.2, -0.15) is 0 Å². The fourth-order valence-corrected chi connectivity index (χ4v) is 5.02.